The molecule has 10 heteroatoms. The Morgan fingerprint density at radius 1 is 1.17 bits per heavy atom. The van der Waals surface area contributed by atoms with Gasteiger partial charge in [-0.25, -0.2) is 13.2 Å². The maximum absolute atomic E-state index is 12.9. The van der Waals surface area contributed by atoms with Gasteiger partial charge in [0.05, 0.1) is 5.75 Å². The molecule has 1 amide bonds. The highest BCUT2D eigenvalue weighted by Crippen LogP contribution is 2.38. The molecule has 9 nitrogen and oxygen atoms in total. The summed E-state index contributed by atoms with van der Waals surface area (Å²) in [6.07, 6.45) is -1.19. The highest BCUT2D eigenvalue weighted by Gasteiger charge is 2.60. The van der Waals surface area contributed by atoms with Crippen molar-refractivity contribution >= 4 is 27.7 Å². The Bertz CT molecular complexity index is 1040. The summed E-state index contributed by atoms with van der Waals surface area (Å²) in [5.41, 5.74) is 2.57. The van der Waals surface area contributed by atoms with Gasteiger partial charge in [-0.2, -0.15) is 0 Å². The average molecular weight is 437 g/mol. The van der Waals surface area contributed by atoms with Crippen LogP contribution in [0.3, 0.4) is 0 Å². The molecule has 0 unspecified atom stereocenters. The number of carbonyl (C=O) groups excluding carboxylic acids is 3. The van der Waals surface area contributed by atoms with Crippen molar-refractivity contribution in [2.24, 2.45) is 0 Å². The predicted molar refractivity (Wildman–Crippen MR) is 105 cm³/mol. The van der Waals surface area contributed by atoms with E-state index in [4.69, 9.17) is 14.2 Å². The zero-order valence-electron chi connectivity index (χ0n) is 17.1. The summed E-state index contributed by atoms with van der Waals surface area (Å²) in [5.74, 6) is -2.71. The SMILES string of the molecule is CO[C@H]1C(=O)N2C(C(=O)OCc3cccc(C)c3C)=C(COC(C)=O)CS(=O)(=O)[C@H]12. The van der Waals surface area contributed by atoms with Crippen molar-refractivity contribution in [3.05, 3.63) is 46.2 Å². The van der Waals surface area contributed by atoms with Crippen LogP contribution in [0.15, 0.2) is 29.5 Å². The van der Waals surface area contributed by atoms with Gasteiger partial charge in [0, 0.05) is 19.6 Å². The molecule has 2 aliphatic heterocycles. The fraction of sp³-hybridized carbons (Fsp3) is 0.450. The quantitative estimate of drug-likeness (QED) is 0.473. The fourth-order valence-electron chi connectivity index (χ4n) is 3.53. The number of β-lactam (4-membered cyclic amide) rings is 1. The lowest BCUT2D eigenvalue weighted by Gasteiger charge is -2.48. The van der Waals surface area contributed by atoms with Gasteiger partial charge in [-0.1, -0.05) is 18.2 Å². The fourth-order valence-corrected chi connectivity index (χ4v) is 5.54. The Balaban J connectivity index is 1.93. The zero-order valence-corrected chi connectivity index (χ0v) is 17.9. The first-order valence-electron chi connectivity index (χ1n) is 9.23. The topological polar surface area (TPSA) is 116 Å². The second-order valence-electron chi connectivity index (χ2n) is 7.23. The monoisotopic (exact) mass is 437 g/mol. The van der Waals surface area contributed by atoms with Crippen LogP contribution in [0.1, 0.15) is 23.6 Å². The molecule has 2 atom stereocenters. The molecule has 0 bridgehead atoms. The number of nitrogens with zero attached hydrogens (tertiary/aromatic N) is 1. The minimum Gasteiger partial charge on any atom is -0.461 e. The minimum atomic E-state index is -3.84. The minimum absolute atomic E-state index is 0.00434. The highest BCUT2D eigenvalue weighted by atomic mass is 32.2. The molecule has 0 aliphatic carbocycles. The number of aryl methyl sites for hydroxylation is 1. The largest absolute Gasteiger partial charge is 0.461 e. The van der Waals surface area contributed by atoms with Crippen LogP contribution in [0.5, 0.6) is 0 Å². The van der Waals surface area contributed by atoms with Crippen molar-refractivity contribution < 1.29 is 37.0 Å². The van der Waals surface area contributed by atoms with Crippen LogP contribution >= 0.6 is 0 Å². The first kappa shape index (κ1) is 22.0. The Hall–Kier alpha value is -2.72. The second-order valence-corrected chi connectivity index (χ2v) is 9.33. The van der Waals surface area contributed by atoms with E-state index in [0.717, 1.165) is 28.5 Å². The van der Waals surface area contributed by atoms with E-state index in [1.54, 1.807) is 0 Å². The van der Waals surface area contributed by atoms with E-state index in [9.17, 15) is 22.8 Å². The Labute approximate surface area is 174 Å². The number of hydrogen-bond donors (Lipinski definition) is 0. The van der Waals surface area contributed by atoms with Gasteiger partial charge in [0.25, 0.3) is 5.91 Å². The molecule has 30 heavy (non-hydrogen) atoms. The summed E-state index contributed by atoms with van der Waals surface area (Å²) in [4.78, 5) is 37.5. The molecule has 1 aromatic rings. The van der Waals surface area contributed by atoms with Crippen molar-refractivity contribution in [1.29, 1.82) is 0 Å². The molecule has 1 aromatic carbocycles. The van der Waals surface area contributed by atoms with Crippen molar-refractivity contribution in [1.82, 2.24) is 4.90 Å². The van der Waals surface area contributed by atoms with E-state index in [1.165, 1.54) is 7.11 Å². The van der Waals surface area contributed by atoms with Gasteiger partial charge in [0.2, 0.25) is 0 Å². The molecular formula is C20H23NO8S. The third kappa shape index (κ3) is 3.84. The predicted octanol–water partition coefficient (Wildman–Crippen LogP) is 0.776. The number of fused-ring (bicyclic) bond motifs is 1. The molecule has 0 spiro atoms. The van der Waals surface area contributed by atoms with Crippen molar-refractivity contribution in [2.75, 3.05) is 19.5 Å². The summed E-state index contributed by atoms with van der Waals surface area (Å²) >= 11 is 0. The van der Waals surface area contributed by atoms with E-state index >= 15 is 0 Å². The first-order valence-corrected chi connectivity index (χ1v) is 10.9. The van der Waals surface area contributed by atoms with Crippen molar-refractivity contribution in [3.8, 4) is 0 Å². The number of methoxy groups -OCH3 is 1. The normalized spacial score (nSPS) is 22.3. The van der Waals surface area contributed by atoms with Gasteiger partial charge in [-0.05, 0) is 30.5 Å². The highest BCUT2D eigenvalue weighted by molar-refractivity contribution is 7.92. The van der Waals surface area contributed by atoms with Gasteiger partial charge < -0.3 is 14.2 Å². The lowest BCUT2D eigenvalue weighted by atomic mass is 10.0. The van der Waals surface area contributed by atoms with Gasteiger partial charge >= 0.3 is 11.9 Å². The number of carbonyl (C=O) groups is 3. The number of sulfone groups is 1. The smallest absolute Gasteiger partial charge is 0.355 e. The second kappa shape index (κ2) is 8.19. The van der Waals surface area contributed by atoms with Crippen LogP contribution < -0.4 is 0 Å². The molecule has 3 rings (SSSR count). The van der Waals surface area contributed by atoms with E-state index in [2.05, 4.69) is 0 Å². The molecular weight excluding hydrogens is 414 g/mol. The summed E-state index contributed by atoms with van der Waals surface area (Å²) in [5, 5.41) is -1.31. The Morgan fingerprint density at radius 2 is 1.87 bits per heavy atom. The lowest BCUT2D eigenvalue weighted by Crippen LogP contribution is -2.70. The van der Waals surface area contributed by atoms with Crippen molar-refractivity contribution in [2.45, 2.75) is 38.9 Å². The standard InChI is InChI=1S/C20H23NO8S/c1-11-6-5-7-14(12(11)2)8-29-20(24)16-15(9-28-13(3)22)10-30(25,26)19-17(27-4)18(23)21(16)19/h5-7,17,19H,8-10H2,1-4H3/t17-,19+/m0/s1. The first-order chi connectivity index (χ1) is 14.1. The average Bonchev–Trinajstić information content (AvgIpc) is 2.67. The van der Waals surface area contributed by atoms with E-state index in [1.807, 2.05) is 32.0 Å². The van der Waals surface area contributed by atoms with Crippen LogP contribution in [0, 0.1) is 13.8 Å². The number of benzene rings is 1. The molecule has 1 saturated heterocycles. The van der Waals surface area contributed by atoms with Crippen LogP contribution in [0.4, 0.5) is 0 Å². The maximum Gasteiger partial charge on any atom is 0.355 e. The summed E-state index contributed by atoms with van der Waals surface area (Å²) in [7, 11) is -2.61. The molecule has 0 saturated carbocycles. The number of esters is 2. The summed E-state index contributed by atoms with van der Waals surface area (Å²) in [6.45, 7) is 4.51. The van der Waals surface area contributed by atoms with Crippen LogP contribution in [0.2, 0.25) is 0 Å². The Kier molecular flexibility index (Phi) is 6.00. The number of rotatable bonds is 6. The summed E-state index contributed by atoms with van der Waals surface area (Å²) < 4.78 is 40.6. The molecule has 2 heterocycles. The number of hydrogen-bond acceptors (Lipinski definition) is 8. The van der Waals surface area contributed by atoms with Gasteiger partial charge in [-0.3, -0.25) is 14.5 Å². The van der Waals surface area contributed by atoms with E-state index < -0.39 is 51.5 Å². The Morgan fingerprint density at radius 3 is 2.50 bits per heavy atom. The van der Waals surface area contributed by atoms with Gasteiger partial charge in [0.1, 0.15) is 18.9 Å². The van der Waals surface area contributed by atoms with E-state index in [-0.39, 0.29) is 17.9 Å². The van der Waals surface area contributed by atoms with E-state index in [0.29, 0.717) is 0 Å². The van der Waals surface area contributed by atoms with Crippen LogP contribution in [-0.4, -0.2) is 62.1 Å². The lowest BCUT2D eigenvalue weighted by molar-refractivity contribution is -0.164. The molecule has 0 aromatic heterocycles. The molecule has 1 fully saturated rings. The zero-order chi connectivity index (χ0) is 22.2. The van der Waals surface area contributed by atoms with Crippen LogP contribution in [-0.2, 0) is 45.0 Å². The third-order valence-electron chi connectivity index (χ3n) is 5.29. The number of ether oxygens (including phenoxy) is 3. The third-order valence-corrected chi connectivity index (χ3v) is 7.23. The molecule has 2 aliphatic rings. The molecule has 0 N–H and O–H groups in total. The molecule has 0 radical (unpaired) electrons. The van der Waals surface area contributed by atoms with Crippen LogP contribution in [0.25, 0.3) is 0 Å². The molecule has 162 valence electrons. The number of amides is 1. The maximum atomic E-state index is 12.9. The van der Waals surface area contributed by atoms with Crippen molar-refractivity contribution in [3.63, 3.8) is 0 Å². The summed E-state index contributed by atoms with van der Waals surface area (Å²) in [6, 6.07) is 5.58. The van der Waals surface area contributed by atoms with Gasteiger partial charge in [-0.15, -0.1) is 0 Å². The van der Waals surface area contributed by atoms with Gasteiger partial charge in [0.15, 0.2) is 21.3 Å².